The number of aromatic nitrogens is 3. The third-order valence-corrected chi connectivity index (χ3v) is 6.24. The van der Waals surface area contributed by atoms with E-state index in [1.165, 1.54) is 17.3 Å². The quantitative estimate of drug-likeness (QED) is 0.459. The summed E-state index contributed by atoms with van der Waals surface area (Å²) >= 11 is 1.31. The van der Waals surface area contributed by atoms with E-state index < -0.39 is 0 Å². The first kappa shape index (κ1) is 24.3. The molecular formula is C24H29N5O3S. The minimum absolute atomic E-state index is 0.115. The molecule has 1 atom stereocenters. The Hall–Kier alpha value is -3.33. The van der Waals surface area contributed by atoms with E-state index in [0.29, 0.717) is 28.8 Å². The third kappa shape index (κ3) is 6.13. The molecule has 3 aromatic rings. The van der Waals surface area contributed by atoms with E-state index in [-0.39, 0.29) is 23.6 Å². The lowest BCUT2D eigenvalue weighted by Crippen LogP contribution is -2.28. The Morgan fingerprint density at radius 3 is 2.45 bits per heavy atom. The number of nitrogens with one attached hydrogen (secondary N) is 2. The monoisotopic (exact) mass is 467 g/mol. The van der Waals surface area contributed by atoms with Gasteiger partial charge in [-0.3, -0.25) is 9.59 Å². The molecule has 9 heteroatoms. The summed E-state index contributed by atoms with van der Waals surface area (Å²) in [6, 6.07) is 12.4. The zero-order valence-electron chi connectivity index (χ0n) is 19.5. The summed E-state index contributed by atoms with van der Waals surface area (Å²) in [6.07, 6.45) is 0. The van der Waals surface area contributed by atoms with Gasteiger partial charge in [0.05, 0.1) is 18.9 Å². The number of thioether (sulfide) groups is 1. The van der Waals surface area contributed by atoms with E-state index in [0.717, 1.165) is 11.3 Å². The largest absolute Gasteiger partial charge is 0.497 e. The van der Waals surface area contributed by atoms with Crippen molar-refractivity contribution in [1.29, 1.82) is 0 Å². The molecule has 8 nitrogen and oxygen atoms in total. The predicted molar refractivity (Wildman–Crippen MR) is 130 cm³/mol. The average Bonchev–Trinajstić information content (AvgIpc) is 3.23. The van der Waals surface area contributed by atoms with Gasteiger partial charge >= 0.3 is 0 Å². The number of amides is 2. The summed E-state index contributed by atoms with van der Waals surface area (Å²) in [4.78, 5) is 25.0. The highest BCUT2D eigenvalue weighted by Gasteiger charge is 2.20. The van der Waals surface area contributed by atoms with Crippen molar-refractivity contribution in [1.82, 2.24) is 20.1 Å². The molecule has 2 amide bonds. The molecule has 0 fully saturated rings. The van der Waals surface area contributed by atoms with Crippen molar-refractivity contribution in [3.8, 4) is 5.75 Å². The Labute approximate surface area is 198 Å². The lowest BCUT2D eigenvalue weighted by atomic mass is 10.1. The number of anilines is 1. The van der Waals surface area contributed by atoms with Crippen molar-refractivity contribution in [2.24, 2.45) is 0 Å². The fraction of sp³-hybridized carbons (Fsp3) is 0.333. The maximum atomic E-state index is 12.6. The zero-order chi connectivity index (χ0) is 24.0. The van der Waals surface area contributed by atoms with Gasteiger partial charge in [0.15, 0.2) is 11.0 Å². The van der Waals surface area contributed by atoms with Crippen LogP contribution in [0.15, 0.2) is 47.6 Å². The van der Waals surface area contributed by atoms with E-state index in [9.17, 15) is 9.59 Å². The van der Waals surface area contributed by atoms with Crippen LogP contribution >= 0.6 is 11.8 Å². The molecule has 1 heterocycles. The fourth-order valence-electron chi connectivity index (χ4n) is 3.26. The molecule has 0 bridgehead atoms. The van der Waals surface area contributed by atoms with E-state index in [4.69, 9.17) is 4.74 Å². The first-order valence-electron chi connectivity index (χ1n) is 10.7. The number of aryl methyl sites for hydroxylation is 2. The molecule has 0 aliphatic rings. The molecule has 2 aromatic carbocycles. The van der Waals surface area contributed by atoms with Gasteiger partial charge in [0, 0.05) is 17.8 Å². The summed E-state index contributed by atoms with van der Waals surface area (Å²) in [5.74, 6) is 1.21. The van der Waals surface area contributed by atoms with Gasteiger partial charge in [-0.1, -0.05) is 17.8 Å². The van der Waals surface area contributed by atoms with Crippen LogP contribution in [0.5, 0.6) is 5.75 Å². The zero-order valence-corrected chi connectivity index (χ0v) is 20.3. The van der Waals surface area contributed by atoms with Crippen LogP contribution in [0.1, 0.15) is 47.2 Å². The highest BCUT2D eigenvalue weighted by Crippen LogP contribution is 2.22. The molecule has 0 radical (unpaired) electrons. The molecule has 0 saturated carbocycles. The number of carbonyl (C=O) groups excluding carboxylic acids is 2. The van der Waals surface area contributed by atoms with Crippen LogP contribution in [0.3, 0.4) is 0 Å². The Bertz CT molecular complexity index is 1130. The highest BCUT2D eigenvalue weighted by atomic mass is 32.2. The number of hydrogen-bond donors (Lipinski definition) is 2. The molecule has 0 unspecified atom stereocenters. The second-order valence-electron chi connectivity index (χ2n) is 7.64. The van der Waals surface area contributed by atoms with Crippen molar-refractivity contribution in [2.75, 3.05) is 18.2 Å². The second kappa shape index (κ2) is 11.0. The fourth-order valence-corrected chi connectivity index (χ4v) is 4.07. The maximum Gasteiger partial charge on any atom is 0.251 e. The Kier molecular flexibility index (Phi) is 8.11. The minimum atomic E-state index is -0.356. The number of hydrogen-bond acceptors (Lipinski definition) is 6. The van der Waals surface area contributed by atoms with Gasteiger partial charge in [-0.2, -0.15) is 0 Å². The van der Waals surface area contributed by atoms with Gasteiger partial charge in [-0.25, -0.2) is 0 Å². The Morgan fingerprint density at radius 1 is 1.09 bits per heavy atom. The average molecular weight is 468 g/mol. The molecule has 3 rings (SSSR count). The van der Waals surface area contributed by atoms with E-state index in [1.54, 1.807) is 31.4 Å². The van der Waals surface area contributed by atoms with E-state index in [1.807, 2.05) is 50.5 Å². The van der Waals surface area contributed by atoms with Crippen LogP contribution in [0.4, 0.5) is 5.69 Å². The number of nitrogens with zero attached hydrogens (tertiary/aromatic N) is 3. The van der Waals surface area contributed by atoms with Gasteiger partial charge < -0.3 is 19.9 Å². The molecule has 1 aromatic heterocycles. The third-order valence-electron chi connectivity index (χ3n) is 5.27. The van der Waals surface area contributed by atoms with Crippen LogP contribution in [0.2, 0.25) is 0 Å². The summed E-state index contributed by atoms with van der Waals surface area (Å²) in [5, 5.41) is 15.0. The Balaban J connectivity index is 1.61. The Morgan fingerprint density at radius 2 is 1.82 bits per heavy atom. The van der Waals surface area contributed by atoms with Crippen molar-refractivity contribution >= 4 is 29.3 Å². The van der Waals surface area contributed by atoms with E-state index >= 15 is 0 Å². The van der Waals surface area contributed by atoms with Gasteiger partial charge in [-0.05, 0) is 75.2 Å². The molecular weight excluding hydrogens is 438 g/mol. The van der Waals surface area contributed by atoms with Crippen LogP contribution in [-0.4, -0.2) is 39.4 Å². The lowest BCUT2D eigenvalue weighted by Gasteiger charge is -2.15. The number of carbonyl (C=O) groups is 2. The topological polar surface area (TPSA) is 98.1 Å². The van der Waals surface area contributed by atoms with Crippen molar-refractivity contribution in [2.45, 2.75) is 45.4 Å². The summed E-state index contributed by atoms with van der Waals surface area (Å²) in [6.45, 7) is 8.50. The number of rotatable bonds is 9. The predicted octanol–water partition coefficient (Wildman–Crippen LogP) is 4.15. The van der Waals surface area contributed by atoms with Crippen molar-refractivity contribution < 1.29 is 14.3 Å². The van der Waals surface area contributed by atoms with Gasteiger partial charge in [0.25, 0.3) is 5.91 Å². The van der Waals surface area contributed by atoms with Crippen molar-refractivity contribution in [3.05, 3.63) is 65.0 Å². The molecule has 174 valence electrons. The van der Waals surface area contributed by atoms with Crippen LogP contribution in [0.25, 0.3) is 0 Å². The van der Waals surface area contributed by atoms with Gasteiger partial charge in [0.1, 0.15) is 5.75 Å². The highest BCUT2D eigenvalue weighted by molar-refractivity contribution is 7.99. The van der Waals surface area contributed by atoms with Crippen molar-refractivity contribution in [3.63, 3.8) is 0 Å². The summed E-state index contributed by atoms with van der Waals surface area (Å²) in [7, 11) is 1.58. The van der Waals surface area contributed by atoms with E-state index in [2.05, 4.69) is 20.8 Å². The molecule has 33 heavy (non-hydrogen) atoms. The maximum absolute atomic E-state index is 12.6. The SMILES string of the molecule is CCn1c(SCC(=O)Nc2ccc(C)c(C)c2)nnc1[C@H](C)NC(=O)c1ccc(OC)cc1. The molecule has 0 aliphatic carbocycles. The lowest BCUT2D eigenvalue weighted by molar-refractivity contribution is -0.113. The smallest absolute Gasteiger partial charge is 0.251 e. The van der Waals surface area contributed by atoms with Crippen LogP contribution in [0, 0.1) is 13.8 Å². The summed E-state index contributed by atoms with van der Waals surface area (Å²) < 4.78 is 7.04. The number of methoxy groups -OCH3 is 1. The van der Waals surface area contributed by atoms with Crippen LogP contribution in [-0.2, 0) is 11.3 Å². The molecule has 0 saturated heterocycles. The summed E-state index contributed by atoms with van der Waals surface area (Å²) in [5.41, 5.74) is 3.61. The standard InChI is InChI=1S/C24H29N5O3S/c1-6-29-22(17(4)25-23(31)18-8-11-20(32-5)12-9-18)27-28-24(29)33-14-21(30)26-19-10-7-15(2)16(3)13-19/h7-13,17H,6,14H2,1-5H3,(H,25,31)(H,26,30)/t17-/m0/s1. The van der Waals surface area contributed by atoms with Crippen LogP contribution < -0.4 is 15.4 Å². The molecule has 2 N–H and O–H groups in total. The number of benzene rings is 2. The van der Waals surface area contributed by atoms with Gasteiger partial charge in [-0.15, -0.1) is 10.2 Å². The second-order valence-corrected chi connectivity index (χ2v) is 8.59. The van der Waals surface area contributed by atoms with Gasteiger partial charge in [0.2, 0.25) is 5.91 Å². The molecule has 0 aliphatic heterocycles. The minimum Gasteiger partial charge on any atom is -0.497 e. The number of ether oxygens (including phenoxy) is 1. The molecule has 0 spiro atoms. The normalized spacial score (nSPS) is 11.7. The first-order chi connectivity index (χ1) is 15.8. The first-order valence-corrected chi connectivity index (χ1v) is 11.7.